The van der Waals surface area contributed by atoms with Crippen molar-refractivity contribution in [1.82, 2.24) is 0 Å². The third-order valence-corrected chi connectivity index (χ3v) is 4.15. The van der Waals surface area contributed by atoms with Gasteiger partial charge in [0, 0.05) is 38.0 Å². The van der Waals surface area contributed by atoms with E-state index in [1.165, 1.54) is 6.42 Å². The minimum absolute atomic E-state index is 0.0378. The van der Waals surface area contributed by atoms with Crippen LogP contribution < -0.4 is 0 Å². The lowest BCUT2D eigenvalue weighted by Crippen LogP contribution is -2.41. The Labute approximate surface area is 108 Å². The molecule has 1 rings (SSSR count). The Morgan fingerprint density at radius 1 is 1.25 bits per heavy atom. The number of hydrogen-bond donors (Lipinski definition) is 0. The molecule has 0 aromatic rings. The number of alkyl halides is 1. The van der Waals surface area contributed by atoms with Gasteiger partial charge >= 0.3 is 0 Å². The lowest BCUT2D eigenvalue weighted by Gasteiger charge is -2.36. The van der Waals surface area contributed by atoms with E-state index in [4.69, 9.17) is 9.47 Å². The number of hydrogen-bond acceptors (Lipinski definition) is 2. The topological polar surface area (TPSA) is 18.5 Å². The second-order valence-corrected chi connectivity index (χ2v) is 6.50. The molecule has 2 nitrogen and oxygen atoms in total. The van der Waals surface area contributed by atoms with E-state index in [0.29, 0.717) is 5.41 Å². The first-order valence-electron chi connectivity index (χ1n) is 6.25. The summed E-state index contributed by atoms with van der Waals surface area (Å²) < 4.78 is 11.5. The van der Waals surface area contributed by atoms with E-state index in [1.54, 1.807) is 0 Å². The van der Waals surface area contributed by atoms with Gasteiger partial charge in [-0.05, 0) is 18.3 Å². The van der Waals surface area contributed by atoms with Crippen molar-refractivity contribution in [1.29, 1.82) is 0 Å². The molecule has 0 atom stereocenters. The molecule has 0 saturated carbocycles. The molecule has 1 saturated heterocycles. The maximum absolute atomic E-state index is 6.09. The standard InChI is InChI=1S/C13H25BrO2/c1-12(2,3)5-4-8-16-13(11-14)6-9-15-10-7-13/h4-11H2,1-3H3. The molecule has 0 aromatic carbocycles. The van der Waals surface area contributed by atoms with Crippen molar-refractivity contribution in [3.63, 3.8) is 0 Å². The summed E-state index contributed by atoms with van der Waals surface area (Å²) in [5.41, 5.74) is 0.455. The van der Waals surface area contributed by atoms with Gasteiger partial charge in [0.1, 0.15) is 0 Å². The van der Waals surface area contributed by atoms with Gasteiger partial charge in [0.05, 0.1) is 5.60 Å². The first-order chi connectivity index (χ1) is 7.47. The first kappa shape index (κ1) is 14.5. The van der Waals surface area contributed by atoms with Crippen molar-refractivity contribution in [3.8, 4) is 0 Å². The van der Waals surface area contributed by atoms with E-state index < -0.39 is 0 Å². The maximum atomic E-state index is 6.09. The molecule has 16 heavy (non-hydrogen) atoms. The highest BCUT2D eigenvalue weighted by atomic mass is 79.9. The Balaban J connectivity index is 2.23. The maximum Gasteiger partial charge on any atom is 0.0822 e. The summed E-state index contributed by atoms with van der Waals surface area (Å²) in [7, 11) is 0. The van der Waals surface area contributed by atoms with Gasteiger partial charge in [-0.1, -0.05) is 36.7 Å². The average molecular weight is 293 g/mol. The van der Waals surface area contributed by atoms with Crippen LogP contribution in [-0.4, -0.2) is 30.8 Å². The fourth-order valence-corrected chi connectivity index (χ4v) is 2.67. The van der Waals surface area contributed by atoms with E-state index in [-0.39, 0.29) is 5.60 Å². The zero-order valence-corrected chi connectivity index (χ0v) is 12.4. The molecule has 0 aromatic heterocycles. The predicted molar refractivity (Wildman–Crippen MR) is 71.2 cm³/mol. The SMILES string of the molecule is CC(C)(C)CCCOC1(CBr)CCOCC1. The zero-order valence-electron chi connectivity index (χ0n) is 10.9. The Morgan fingerprint density at radius 2 is 1.88 bits per heavy atom. The molecular formula is C13H25BrO2. The van der Waals surface area contributed by atoms with Crippen LogP contribution in [-0.2, 0) is 9.47 Å². The molecule has 0 aliphatic carbocycles. The molecule has 0 N–H and O–H groups in total. The van der Waals surface area contributed by atoms with Crippen LogP contribution in [0.2, 0.25) is 0 Å². The van der Waals surface area contributed by atoms with Crippen molar-refractivity contribution in [2.24, 2.45) is 5.41 Å². The molecule has 0 unspecified atom stereocenters. The number of halogens is 1. The van der Waals surface area contributed by atoms with Gasteiger partial charge in [-0.2, -0.15) is 0 Å². The van der Waals surface area contributed by atoms with Crippen molar-refractivity contribution < 1.29 is 9.47 Å². The molecule has 1 aliphatic heterocycles. The average Bonchev–Trinajstić information content (AvgIpc) is 2.25. The minimum atomic E-state index is 0.0378. The molecule has 0 amide bonds. The summed E-state index contributed by atoms with van der Waals surface area (Å²) in [6.07, 6.45) is 4.42. The molecule has 1 fully saturated rings. The van der Waals surface area contributed by atoms with Crippen LogP contribution in [0.3, 0.4) is 0 Å². The molecule has 1 aliphatic rings. The summed E-state index contributed by atoms with van der Waals surface area (Å²) in [5.74, 6) is 0. The second-order valence-electron chi connectivity index (χ2n) is 5.94. The normalized spacial score (nSPS) is 21.0. The van der Waals surface area contributed by atoms with Crippen LogP contribution in [0.15, 0.2) is 0 Å². The van der Waals surface area contributed by atoms with Crippen LogP contribution in [0.5, 0.6) is 0 Å². The Bertz CT molecular complexity index is 193. The fraction of sp³-hybridized carbons (Fsp3) is 1.00. The highest BCUT2D eigenvalue weighted by molar-refractivity contribution is 9.09. The quantitative estimate of drug-likeness (QED) is 0.567. The third kappa shape index (κ3) is 5.15. The van der Waals surface area contributed by atoms with Crippen LogP contribution in [0, 0.1) is 5.41 Å². The summed E-state index contributed by atoms with van der Waals surface area (Å²) >= 11 is 3.58. The van der Waals surface area contributed by atoms with Crippen LogP contribution in [0.4, 0.5) is 0 Å². The molecule has 1 heterocycles. The number of ether oxygens (including phenoxy) is 2. The van der Waals surface area contributed by atoms with Crippen molar-refractivity contribution in [3.05, 3.63) is 0 Å². The summed E-state index contributed by atoms with van der Waals surface area (Å²) in [6, 6.07) is 0. The summed E-state index contributed by atoms with van der Waals surface area (Å²) in [4.78, 5) is 0. The van der Waals surface area contributed by atoms with Gasteiger partial charge in [0.2, 0.25) is 0 Å². The van der Waals surface area contributed by atoms with Crippen LogP contribution in [0.1, 0.15) is 46.5 Å². The van der Waals surface area contributed by atoms with E-state index in [1.807, 2.05) is 0 Å². The predicted octanol–water partition coefficient (Wildman–Crippen LogP) is 3.77. The molecule has 0 radical (unpaired) electrons. The highest BCUT2D eigenvalue weighted by Gasteiger charge is 2.32. The largest absolute Gasteiger partial charge is 0.381 e. The van der Waals surface area contributed by atoms with Gasteiger partial charge < -0.3 is 9.47 Å². The fourth-order valence-electron chi connectivity index (χ4n) is 1.95. The van der Waals surface area contributed by atoms with Crippen LogP contribution >= 0.6 is 15.9 Å². The van der Waals surface area contributed by atoms with Crippen molar-refractivity contribution in [2.75, 3.05) is 25.2 Å². The van der Waals surface area contributed by atoms with Crippen molar-refractivity contribution in [2.45, 2.75) is 52.1 Å². The Kier molecular flexibility index (Phi) is 5.75. The van der Waals surface area contributed by atoms with Gasteiger partial charge in [-0.3, -0.25) is 0 Å². The van der Waals surface area contributed by atoms with Gasteiger partial charge in [-0.15, -0.1) is 0 Å². The molecule has 0 bridgehead atoms. The zero-order chi connectivity index (χ0) is 12.1. The first-order valence-corrected chi connectivity index (χ1v) is 7.37. The molecule has 96 valence electrons. The smallest absolute Gasteiger partial charge is 0.0822 e. The number of rotatable bonds is 5. The third-order valence-electron chi connectivity index (χ3n) is 3.13. The molecule has 3 heteroatoms. The van der Waals surface area contributed by atoms with Crippen molar-refractivity contribution >= 4 is 15.9 Å². The lowest BCUT2D eigenvalue weighted by atomic mass is 9.90. The van der Waals surface area contributed by atoms with E-state index >= 15 is 0 Å². The second kappa shape index (κ2) is 6.36. The highest BCUT2D eigenvalue weighted by Crippen LogP contribution is 2.28. The molecular weight excluding hydrogens is 268 g/mol. The van der Waals surface area contributed by atoms with Gasteiger partial charge in [0.15, 0.2) is 0 Å². The van der Waals surface area contributed by atoms with Gasteiger partial charge in [0.25, 0.3) is 0 Å². The van der Waals surface area contributed by atoms with E-state index in [9.17, 15) is 0 Å². The minimum Gasteiger partial charge on any atom is -0.381 e. The monoisotopic (exact) mass is 292 g/mol. The van der Waals surface area contributed by atoms with Crippen LogP contribution in [0.25, 0.3) is 0 Å². The Hall–Kier alpha value is 0.400. The lowest BCUT2D eigenvalue weighted by molar-refractivity contribution is -0.0968. The van der Waals surface area contributed by atoms with Gasteiger partial charge in [-0.25, -0.2) is 0 Å². The Morgan fingerprint density at radius 3 is 2.38 bits per heavy atom. The van der Waals surface area contributed by atoms with E-state index in [0.717, 1.165) is 44.4 Å². The summed E-state index contributed by atoms with van der Waals surface area (Å²) in [5, 5.41) is 0.929. The molecule has 0 spiro atoms. The van der Waals surface area contributed by atoms with E-state index in [2.05, 4.69) is 36.7 Å². The summed E-state index contributed by atoms with van der Waals surface area (Å²) in [6.45, 7) is 9.39.